The highest BCUT2D eigenvalue weighted by atomic mass is 32.2. The molecule has 126 valence electrons. The summed E-state index contributed by atoms with van der Waals surface area (Å²) in [6.07, 6.45) is 0.765. The Morgan fingerprint density at radius 3 is 1.96 bits per heavy atom. The maximum Gasteiger partial charge on any atom is 0.181 e. The van der Waals surface area contributed by atoms with Crippen molar-refractivity contribution in [2.75, 3.05) is 6.26 Å². The fourth-order valence-corrected chi connectivity index (χ4v) is 4.23. The summed E-state index contributed by atoms with van der Waals surface area (Å²) in [4.78, 5) is -0.925. The smallest absolute Gasteiger partial charge is 0.181 e. The highest BCUT2D eigenvalue weighted by molar-refractivity contribution is 7.90. The molecule has 0 unspecified atom stereocenters. The molecule has 0 fully saturated rings. The summed E-state index contributed by atoms with van der Waals surface area (Å²) < 4.78 is 51.4. The van der Waals surface area contributed by atoms with Crippen LogP contribution in [-0.4, -0.2) is 14.7 Å². The van der Waals surface area contributed by atoms with E-state index in [2.05, 4.69) is 0 Å². The number of benzene rings is 2. The maximum atomic E-state index is 14.2. The van der Waals surface area contributed by atoms with Crippen LogP contribution in [0.4, 0.5) is 8.78 Å². The van der Waals surface area contributed by atoms with E-state index >= 15 is 0 Å². The molecular weight excluding hydrogens is 364 g/mol. The largest absolute Gasteiger partial charge is 0.224 e. The summed E-state index contributed by atoms with van der Waals surface area (Å²) in [7, 11) is -4.00. The lowest BCUT2D eigenvalue weighted by molar-refractivity contribution is 0.522. The fourth-order valence-electron chi connectivity index (χ4n) is 2.54. The summed E-state index contributed by atoms with van der Waals surface area (Å²) in [5.41, 5.74) is 2.90. The molecule has 2 aromatic carbocycles. The van der Waals surface area contributed by atoms with Gasteiger partial charge in [-0.3, -0.25) is 0 Å². The zero-order valence-electron chi connectivity index (χ0n) is 13.0. The monoisotopic (exact) mass is 375 g/mol. The minimum atomic E-state index is -4.00. The van der Waals surface area contributed by atoms with Gasteiger partial charge in [0, 0.05) is 17.4 Å². The van der Waals surface area contributed by atoms with Crippen LogP contribution in [0.5, 0.6) is 0 Å². The molecule has 0 amide bonds. The third-order valence-electron chi connectivity index (χ3n) is 3.67. The highest BCUT2D eigenvalue weighted by Gasteiger charge is 2.22. The van der Waals surface area contributed by atoms with Gasteiger partial charge in [-0.1, -0.05) is 12.1 Å². The van der Waals surface area contributed by atoms with Crippen LogP contribution in [0.15, 0.2) is 52.1 Å². The average Bonchev–Trinajstić information content (AvgIpc) is 3.02. The minimum absolute atomic E-state index is 0.253. The molecule has 1 aromatic heterocycles. The van der Waals surface area contributed by atoms with E-state index < -0.39 is 26.4 Å². The Bertz CT molecular complexity index is 1070. The van der Waals surface area contributed by atoms with Gasteiger partial charge in [0.2, 0.25) is 0 Å². The molecule has 0 aliphatic rings. The molecule has 0 bridgehead atoms. The van der Waals surface area contributed by atoms with Gasteiger partial charge in [-0.25, -0.2) is 17.2 Å². The molecule has 0 N–H and O–H groups in total. The van der Waals surface area contributed by atoms with Gasteiger partial charge in [-0.05, 0) is 46.2 Å². The second kappa shape index (κ2) is 6.39. The predicted octanol–water partition coefficient (Wildman–Crippen LogP) is 4.64. The molecule has 0 aliphatic heterocycles. The van der Waals surface area contributed by atoms with Crippen molar-refractivity contribution >= 4 is 21.2 Å². The van der Waals surface area contributed by atoms with Gasteiger partial charge >= 0.3 is 0 Å². The molecule has 0 radical (unpaired) electrons. The van der Waals surface area contributed by atoms with Crippen molar-refractivity contribution in [2.24, 2.45) is 0 Å². The van der Waals surface area contributed by atoms with Crippen LogP contribution < -0.4 is 0 Å². The van der Waals surface area contributed by atoms with Gasteiger partial charge in [0.05, 0.1) is 11.6 Å². The Morgan fingerprint density at radius 1 is 0.960 bits per heavy atom. The Kier molecular flexibility index (Phi) is 4.41. The van der Waals surface area contributed by atoms with Crippen LogP contribution in [0.3, 0.4) is 0 Å². The summed E-state index contributed by atoms with van der Waals surface area (Å²) in [5, 5.41) is 12.4. The van der Waals surface area contributed by atoms with E-state index in [0.29, 0.717) is 11.1 Å². The van der Waals surface area contributed by atoms with Crippen molar-refractivity contribution in [3.63, 3.8) is 0 Å². The van der Waals surface area contributed by atoms with Crippen molar-refractivity contribution in [2.45, 2.75) is 4.90 Å². The van der Waals surface area contributed by atoms with E-state index in [4.69, 9.17) is 5.26 Å². The van der Waals surface area contributed by atoms with E-state index in [1.54, 1.807) is 29.6 Å². The van der Waals surface area contributed by atoms with Crippen molar-refractivity contribution in [3.8, 4) is 28.3 Å². The van der Waals surface area contributed by atoms with Crippen LogP contribution >= 0.6 is 11.3 Å². The number of hydrogen-bond donors (Lipinski definition) is 0. The number of nitrogens with zero attached hydrogens (tertiary/aromatic N) is 1. The first-order valence-electron chi connectivity index (χ1n) is 7.07. The zero-order valence-corrected chi connectivity index (χ0v) is 14.6. The van der Waals surface area contributed by atoms with Gasteiger partial charge in [0.15, 0.2) is 9.84 Å². The number of thiophene rings is 1. The zero-order chi connectivity index (χ0) is 18.2. The topological polar surface area (TPSA) is 57.9 Å². The number of halogens is 2. The second-order valence-electron chi connectivity index (χ2n) is 5.43. The Hall–Kier alpha value is -2.56. The molecular formula is C18H11F2NO2S2. The van der Waals surface area contributed by atoms with E-state index in [1.807, 2.05) is 11.4 Å². The van der Waals surface area contributed by atoms with Gasteiger partial charge < -0.3 is 0 Å². The molecule has 0 atom stereocenters. The quantitative estimate of drug-likeness (QED) is 0.670. The second-order valence-corrected chi connectivity index (χ2v) is 8.13. The van der Waals surface area contributed by atoms with Gasteiger partial charge in [0.1, 0.15) is 16.5 Å². The van der Waals surface area contributed by atoms with Crippen LogP contribution in [0.1, 0.15) is 5.56 Å². The molecule has 0 saturated carbocycles. The highest BCUT2D eigenvalue weighted by Crippen LogP contribution is 2.37. The lowest BCUT2D eigenvalue weighted by Gasteiger charge is -2.08. The van der Waals surface area contributed by atoms with E-state index in [1.165, 1.54) is 11.3 Å². The van der Waals surface area contributed by atoms with Crippen LogP contribution in [0, 0.1) is 23.0 Å². The number of sulfone groups is 1. The summed E-state index contributed by atoms with van der Waals surface area (Å²) in [6, 6.07) is 10.9. The fraction of sp³-hybridized carbons (Fsp3) is 0.0556. The molecule has 0 spiro atoms. The molecule has 3 nitrogen and oxygen atoms in total. The molecule has 1 heterocycles. The standard InChI is InChI=1S/C18H11F2NO2S2/c1-25(22,23)18-16(19)6-13(7-17(18)20)15-10-24-9-14(15)12-4-2-11(8-21)3-5-12/h2-7,9-10H,1H3. The number of hydrogen-bond acceptors (Lipinski definition) is 4. The predicted molar refractivity (Wildman–Crippen MR) is 92.9 cm³/mol. The Morgan fingerprint density at radius 2 is 1.48 bits per heavy atom. The third-order valence-corrected chi connectivity index (χ3v) is 5.54. The van der Waals surface area contributed by atoms with Crippen molar-refractivity contribution < 1.29 is 17.2 Å². The number of rotatable bonds is 3. The summed E-state index contributed by atoms with van der Waals surface area (Å²) >= 11 is 1.36. The van der Waals surface area contributed by atoms with Crippen LogP contribution in [0.25, 0.3) is 22.3 Å². The Labute approximate surface area is 147 Å². The first-order chi connectivity index (χ1) is 11.8. The molecule has 3 rings (SSSR count). The first kappa shape index (κ1) is 17.3. The normalized spacial score (nSPS) is 11.3. The SMILES string of the molecule is CS(=O)(=O)c1c(F)cc(-c2cscc2-c2ccc(C#N)cc2)cc1F. The van der Waals surface area contributed by atoms with Gasteiger partial charge in [-0.15, -0.1) is 0 Å². The maximum absolute atomic E-state index is 14.2. The lowest BCUT2D eigenvalue weighted by atomic mass is 9.98. The van der Waals surface area contributed by atoms with E-state index in [-0.39, 0.29) is 5.56 Å². The van der Waals surface area contributed by atoms with Crippen molar-refractivity contribution in [1.29, 1.82) is 5.26 Å². The molecule has 7 heteroatoms. The van der Waals surface area contributed by atoms with Crippen molar-refractivity contribution in [1.82, 2.24) is 0 Å². The van der Waals surface area contributed by atoms with Crippen LogP contribution in [0.2, 0.25) is 0 Å². The number of nitriles is 1. The lowest BCUT2D eigenvalue weighted by Crippen LogP contribution is -2.04. The third kappa shape index (κ3) is 3.31. The summed E-state index contributed by atoms with van der Waals surface area (Å²) in [5.74, 6) is -2.23. The van der Waals surface area contributed by atoms with E-state index in [9.17, 15) is 17.2 Å². The van der Waals surface area contributed by atoms with Gasteiger partial charge in [0.25, 0.3) is 0 Å². The Balaban J connectivity index is 2.13. The molecule has 0 aliphatic carbocycles. The first-order valence-corrected chi connectivity index (χ1v) is 9.91. The van der Waals surface area contributed by atoms with E-state index in [0.717, 1.165) is 29.5 Å². The molecule has 25 heavy (non-hydrogen) atoms. The molecule has 0 saturated heterocycles. The van der Waals surface area contributed by atoms with Crippen LogP contribution in [-0.2, 0) is 9.84 Å². The average molecular weight is 375 g/mol. The van der Waals surface area contributed by atoms with Gasteiger partial charge in [-0.2, -0.15) is 16.6 Å². The summed E-state index contributed by atoms with van der Waals surface area (Å²) in [6.45, 7) is 0. The molecule has 3 aromatic rings. The minimum Gasteiger partial charge on any atom is -0.224 e. The van der Waals surface area contributed by atoms with Crippen molar-refractivity contribution in [3.05, 3.63) is 64.4 Å².